The lowest BCUT2D eigenvalue weighted by molar-refractivity contribution is -0.276. The van der Waals surface area contributed by atoms with Gasteiger partial charge in [-0.05, 0) is 199 Å². The molecule has 5 amide bonds. The topological polar surface area (TPSA) is 315 Å². The van der Waals surface area contributed by atoms with E-state index in [1.54, 1.807) is 18.5 Å². The van der Waals surface area contributed by atoms with Gasteiger partial charge in [0.05, 0.1) is 30.2 Å². The molecule has 0 saturated carbocycles. The highest BCUT2D eigenvalue weighted by atomic mass is 32.1. The third-order valence-corrected chi connectivity index (χ3v) is 26.4. The summed E-state index contributed by atoms with van der Waals surface area (Å²) in [5, 5.41) is 61.6. The summed E-state index contributed by atoms with van der Waals surface area (Å²) in [6, 6.07) is 60.1. The molecule has 15 aromatic rings. The monoisotopic (exact) mass is 2060 g/mol. The van der Waals surface area contributed by atoms with Crippen LogP contribution >= 0.6 is 56.7 Å². The Balaban J connectivity index is 0.000000171. The number of rotatable bonds is 33. The number of pyridine rings is 1. The zero-order chi connectivity index (χ0) is 103. The maximum absolute atomic E-state index is 13.7. The summed E-state index contributed by atoms with van der Waals surface area (Å²) in [5.74, 6) is -4.96. The second-order valence-corrected chi connectivity index (χ2v) is 37.2. The molecule has 41 heteroatoms. The number of aryl methyl sites for hydroxylation is 5. The third-order valence-electron chi connectivity index (χ3n) is 20.9. The Kier molecular flexibility index (Phi) is 39.7. The summed E-state index contributed by atoms with van der Waals surface area (Å²) < 4.78 is 164. The molecule has 15 rings (SSSR count). The van der Waals surface area contributed by atoms with Gasteiger partial charge in [0.15, 0.2) is 11.6 Å². The molecule has 0 spiro atoms. The highest BCUT2D eigenvalue weighted by Gasteiger charge is 2.35. The van der Waals surface area contributed by atoms with E-state index in [1.807, 2.05) is 84.9 Å². The lowest BCUT2D eigenvalue weighted by Crippen LogP contribution is -2.27. The molecule has 0 bridgehead atoms. The zero-order valence-corrected chi connectivity index (χ0v) is 82.7. The van der Waals surface area contributed by atoms with Gasteiger partial charge in [-0.25, -0.2) is 13.2 Å². The van der Waals surface area contributed by atoms with Crippen LogP contribution in [0.4, 0.5) is 52.7 Å². The molecule has 748 valence electrons. The number of nitrogens with one attached hydrogen (secondary N) is 5. The molecule has 143 heavy (non-hydrogen) atoms. The van der Waals surface area contributed by atoms with Gasteiger partial charge in [0.25, 0.3) is 0 Å². The van der Waals surface area contributed by atoms with E-state index in [2.05, 4.69) is 180 Å². The zero-order valence-electron chi connectivity index (χ0n) is 78.7. The highest BCUT2D eigenvalue weighted by molar-refractivity contribution is 7.16. The number of benzene rings is 9. The van der Waals surface area contributed by atoms with E-state index in [4.69, 9.17) is 0 Å². The summed E-state index contributed by atoms with van der Waals surface area (Å²) in [4.78, 5) is 62.4. The Morgan fingerprint density at radius 3 is 0.902 bits per heavy atom. The number of ether oxygens (including phenoxy) is 3. The van der Waals surface area contributed by atoms with Crippen molar-refractivity contribution in [1.82, 2.24) is 82.6 Å². The van der Waals surface area contributed by atoms with Crippen molar-refractivity contribution in [2.24, 2.45) is 0 Å². The minimum atomic E-state index is -5.02. The van der Waals surface area contributed by atoms with Gasteiger partial charge < -0.3 is 40.8 Å². The first-order valence-corrected chi connectivity index (χ1v) is 48.9. The van der Waals surface area contributed by atoms with Crippen molar-refractivity contribution in [2.45, 2.75) is 183 Å². The molecular formula is C102H98F12N16O8S5. The minimum Gasteiger partial charge on any atom is -0.406 e. The number of amides is 5. The minimum absolute atomic E-state index is 0.0719. The number of hydrogen-bond acceptors (Lipinski definition) is 24. The van der Waals surface area contributed by atoms with E-state index in [0.717, 1.165) is 99.5 Å². The summed E-state index contributed by atoms with van der Waals surface area (Å²) >= 11 is 6.31. The molecule has 5 N–H and O–H groups in total. The summed E-state index contributed by atoms with van der Waals surface area (Å²) in [6.07, 6.45) is -3.60. The SMILES string of the molecule is CCc1ccc(CC(NC(C)=O)c2nnc(-c3cc(F)cc(F)c3)s2)cc1.CCc1ccc(CC(NC(C)=O)c2nnc(-c3ccc(F)c(OC(F)(F)F)c3)s2)cc1.CCc1cccc(CC(NC(C)=O)c2nnc(-c3ccc(OC(F)(F)F)cc3)s2)c1.CCc1cccc(CC(NC(C)=O)c2nnc(-c3cccc(OC(F)(F)F)c3)s2)c1.CCc1cccc(CC(NC(C)=O)c2nnc(-c3ccncc3)s2)c1. The Labute approximate surface area is 836 Å². The molecule has 5 unspecified atom stereocenters. The van der Waals surface area contributed by atoms with Crippen molar-refractivity contribution in [3.8, 4) is 70.1 Å². The van der Waals surface area contributed by atoms with Crippen LogP contribution in [0.3, 0.4) is 0 Å². The van der Waals surface area contributed by atoms with Crippen molar-refractivity contribution in [1.29, 1.82) is 0 Å². The van der Waals surface area contributed by atoms with E-state index in [0.29, 0.717) is 83.8 Å². The van der Waals surface area contributed by atoms with E-state index < -0.39 is 54.4 Å². The standard InChI is InChI=1S/C21H19F4N3O2S.2C21H20F3N3O2S.C20H19F2N3OS.C19H20N4OS/c1-3-13-4-6-14(7-5-13)10-17(26-12(2)29)20-28-27-19(31-20)15-8-9-16(22)18(11-15)30-21(23,24)25;1-3-14-6-4-7-15(10-14)11-18(25-13(2)28)20-27-26-19(30-20)16-8-5-9-17(12-16)29-21(22,23)24;1-3-14-5-4-6-15(11-14)12-18(25-13(2)28)20-27-26-19(30-20)16-7-9-17(10-8-16)29-21(22,23)24;1-3-13-4-6-14(7-5-13)8-18(23-12(2)26)20-25-24-19(27-20)15-9-16(21)11-17(22)10-15;1-3-14-5-4-6-15(11-14)12-17(21-13(2)24)19-23-22-18(25-19)16-7-9-20-10-8-16/h4-9,11,17H,3,10H2,1-2H3,(H,26,29);4-10,12,18H,3,11H2,1-2H3,(H,25,28);4-11,18H,3,12H2,1-2H3,(H,25,28);4-7,9-11,18H,3,8H2,1-2H3,(H,23,26);4-11,17H,3,12H2,1-2H3,(H,21,24). The van der Waals surface area contributed by atoms with Crippen LogP contribution < -0.4 is 40.8 Å². The van der Waals surface area contributed by atoms with Gasteiger partial charge in [-0.1, -0.05) is 225 Å². The Hall–Kier alpha value is -14.2. The van der Waals surface area contributed by atoms with Gasteiger partial charge in [-0.15, -0.1) is 90.5 Å². The molecule has 6 heterocycles. The van der Waals surface area contributed by atoms with Gasteiger partial charge >= 0.3 is 19.1 Å². The Morgan fingerprint density at radius 2 is 0.566 bits per heavy atom. The van der Waals surface area contributed by atoms with Crippen LogP contribution in [0, 0.1) is 17.5 Å². The Morgan fingerprint density at radius 1 is 0.280 bits per heavy atom. The van der Waals surface area contributed by atoms with Crippen LogP contribution in [0.25, 0.3) is 52.9 Å². The number of carbonyl (C=O) groups excluding carboxylic acids is 5. The molecule has 0 radical (unpaired) electrons. The number of aromatic nitrogens is 11. The number of halogens is 12. The molecule has 24 nitrogen and oxygen atoms in total. The molecule has 9 aromatic carbocycles. The number of hydrogen-bond donors (Lipinski definition) is 5. The molecule has 0 aliphatic rings. The van der Waals surface area contributed by atoms with Crippen LogP contribution in [-0.2, 0) is 88.2 Å². The largest absolute Gasteiger partial charge is 0.573 e. The second-order valence-electron chi connectivity index (χ2n) is 32.1. The lowest BCUT2D eigenvalue weighted by Gasteiger charge is -2.15. The van der Waals surface area contributed by atoms with E-state index >= 15 is 0 Å². The van der Waals surface area contributed by atoms with Crippen molar-refractivity contribution < 1.29 is 90.9 Å². The predicted molar refractivity (Wildman–Crippen MR) is 525 cm³/mol. The van der Waals surface area contributed by atoms with Gasteiger partial charge in [-0.3, -0.25) is 29.0 Å². The van der Waals surface area contributed by atoms with Crippen molar-refractivity contribution in [2.75, 3.05) is 0 Å². The first-order chi connectivity index (χ1) is 68.2. The molecule has 0 saturated heterocycles. The fourth-order valence-corrected chi connectivity index (χ4v) is 18.7. The maximum atomic E-state index is 13.7. The normalized spacial score (nSPS) is 12.3. The van der Waals surface area contributed by atoms with Gasteiger partial charge in [-0.2, -0.15) is 0 Å². The fraction of sp³-hybridized carbons (Fsp3) is 0.275. The van der Waals surface area contributed by atoms with Crippen molar-refractivity contribution in [3.05, 3.63) is 329 Å². The van der Waals surface area contributed by atoms with Crippen molar-refractivity contribution >= 4 is 86.2 Å². The molecule has 6 aromatic heterocycles. The average molecular weight is 2060 g/mol. The van der Waals surface area contributed by atoms with Gasteiger partial charge in [0, 0.05) is 80.9 Å². The number of nitrogens with zero attached hydrogens (tertiary/aromatic N) is 11. The summed E-state index contributed by atoms with van der Waals surface area (Å²) in [7, 11) is 0. The number of carbonyl (C=O) groups is 5. The molecular weight excluding hydrogens is 1970 g/mol. The lowest BCUT2D eigenvalue weighted by atomic mass is 10.0. The quantitative estimate of drug-likeness (QED) is 0.0239. The summed E-state index contributed by atoms with van der Waals surface area (Å²) in [5.41, 5.74) is 14.0. The molecule has 0 aliphatic heterocycles. The van der Waals surface area contributed by atoms with Crippen LogP contribution in [0.1, 0.15) is 180 Å². The fourth-order valence-electron chi connectivity index (χ4n) is 14.3. The summed E-state index contributed by atoms with van der Waals surface area (Å²) in [6.45, 7) is 17.6. The van der Waals surface area contributed by atoms with E-state index in [1.165, 1.54) is 174 Å². The first-order valence-electron chi connectivity index (χ1n) is 44.8. The van der Waals surface area contributed by atoms with E-state index in [9.17, 15) is 76.7 Å². The smallest absolute Gasteiger partial charge is 0.406 e. The maximum Gasteiger partial charge on any atom is 0.573 e. The number of alkyl halides is 9. The van der Waals surface area contributed by atoms with Crippen molar-refractivity contribution in [3.63, 3.8) is 0 Å². The van der Waals surface area contributed by atoms with Gasteiger partial charge in [0.1, 0.15) is 73.2 Å². The van der Waals surface area contributed by atoms with Gasteiger partial charge in [0.2, 0.25) is 29.5 Å². The predicted octanol–water partition coefficient (Wildman–Crippen LogP) is 23.4. The Bertz CT molecular complexity index is 6690. The first kappa shape index (κ1) is 109. The second kappa shape index (κ2) is 52.0. The van der Waals surface area contributed by atoms with E-state index in [-0.39, 0.29) is 69.7 Å². The molecule has 0 aliphatic carbocycles. The average Bonchev–Trinajstić information content (AvgIpc) is 1.72. The van der Waals surface area contributed by atoms with Crippen LogP contribution in [0.2, 0.25) is 0 Å². The highest BCUT2D eigenvalue weighted by Crippen LogP contribution is 2.39. The van der Waals surface area contributed by atoms with Crippen LogP contribution in [-0.4, -0.2) is 105 Å². The van der Waals surface area contributed by atoms with Crippen LogP contribution in [0.5, 0.6) is 17.2 Å². The molecule has 5 atom stereocenters. The third kappa shape index (κ3) is 35.5. The van der Waals surface area contributed by atoms with Crippen LogP contribution in [0.15, 0.2) is 231 Å². The molecule has 0 fully saturated rings.